The van der Waals surface area contributed by atoms with Crippen molar-refractivity contribution in [2.45, 2.75) is 63.8 Å². The molecule has 1 fully saturated rings. The van der Waals surface area contributed by atoms with Gasteiger partial charge in [0, 0.05) is 32.0 Å². The Balaban J connectivity index is 1.40. The van der Waals surface area contributed by atoms with Gasteiger partial charge in [-0.1, -0.05) is 36.8 Å². The van der Waals surface area contributed by atoms with Gasteiger partial charge in [-0.15, -0.1) is 10.2 Å². The molecule has 1 aromatic carbocycles. The Bertz CT molecular complexity index is 747. The second-order valence-electron chi connectivity index (χ2n) is 7.67. The molecule has 4 rings (SSSR count). The van der Waals surface area contributed by atoms with E-state index in [4.69, 9.17) is 0 Å². The molecule has 2 aliphatic heterocycles. The van der Waals surface area contributed by atoms with E-state index in [0.717, 1.165) is 56.1 Å². The van der Waals surface area contributed by atoms with Crippen molar-refractivity contribution in [3.63, 3.8) is 0 Å². The number of amides is 1. The maximum Gasteiger partial charge on any atom is 0.229 e. The van der Waals surface area contributed by atoms with Crippen LogP contribution >= 0.6 is 0 Å². The van der Waals surface area contributed by atoms with E-state index in [2.05, 4.69) is 14.8 Å². The number of piperidine rings is 1. The maximum atomic E-state index is 12.9. The zero-order valence-corrected chi connectivity index (χ0v) is 15.6. The average molecular weight is 352 g/mol. The third-order valence-electron chi connectivity index (χ3n) is 5.98. The van der Waals surface area contributed by atoms with Crippen LogP contribution in [0.1, 0.15) is 68.1 Å². The third-order valence-corrected chi connectivity index (χ3v) is 5.98. The minimum atomic E-state index is -0.0721. The number of carbonyl (C=O) groups excluding carboxylic acids is 1. The molecule has 1 atom stereocenters. The first-order valence-corrected chi connectivity index (χ1v) is 9.99. The Hall–Kier alpha value is -2.17. The van der Waals surface area contributed by atoms with Crippen molar-refractivity contribution in [2.24, 2.45) is 0 Å². The molecule has 1 aromatic heterocycles. The summed E-state index contributed by atoms with van der Waals surface area (Å²) in [5.74, 6) is 2.93. The SMILES string of the molecule is CC(C(=O)N1CCC(c2nnc3n2CCCCC3)CC1)c1ccccc1. The Kier molecular flexibility index (Phi) is 5.05. The summed E-state index contributed by atoms with van der Waals surface area (Å²) in [6.07, 6.45) is 6.77. The molecule has 5 nitrogen and oxygen atoms in total. The lowest BCUT2D eigenvalue weighted by Crippen LogP contribution is -2.40. The number of rotatable bonds is 3. The van der Waals surface area contributed by atoms with E-state index in [0.29, 0.717) is 5.92 Å². The standard InChI is InChI=1S/C21H28N4O/c1-16(17-8-4-2-5-9-17)21(26)24-14-11-18(12-15-24)20-23-22-19-10-6-3-7-13-25(19)20/h2,4-5,8-9,16,18H,3,6-7,10-15H2,1H3. The number of aryl methyl sites for hydroxylation is 1. The first-order chi connectivity index (χ1) is 12.7. The summed E-state index contributed by atoms with van der Waals surface area (Å²) >= 11 is 0. The van der Waals surface area contributed by atoms with E-state index in [-0.39, 0.29) is 11.8 Å². The van der Waals surface area contributed by atoms with Crippen molar-refractivity contribution in [1.82, 2.24) is 19.7 Å². The molecule has 26 heavy (non-hydrogen) atoms. The van der Waals surface area contributed by atoms with Crippen LogP contribution in [0.3, 0.4) is 0 Å². The lowest BCUT2D eigenvalue weighted by molar-refractivity contribution is -0.133. The van der Waals surface area contributed by atoms with Gasteiger partial charge in [-0.25, -0.2) is 0 Å². The summed E-state index contributed by atoms with van der Waals surface area (Å²) < 4.78 is 2.36. The number of hydrogen-bond acceptors (Lipinski definition) is 3. The van der Waals surface area contributed by atoms with Crippen LogP contribution in [-0.4, -0.2) is 38.7 Å². The van der Waals surface area contributed by atoms with E-state index >= 15 is 0 Å². The lowest BCUT2D eigenvalue weighted by Gasteiger charge is -2.33. The molecule has 0 radical (unpaired) electrons. The van der Waals surface area contributed by atoms with Crippen molar-refractivity contribution in [3.05, 3.63) is 47.5 Å². The highest BCUT2D eigenvalue weighted by Crippen LogP contribution is 2.30. The number of fused-ring (bicyclic) bond motifs is 1. The summed E-state index contributed by atoms with van der Waals surface area (Å²) in [5, 5.41) is 8.97. The van der Waals surface area contributed by atoms with Gasteiger partial charge in [-0.2, -0.15) is 0 Å². The van der Waals surface area contributed by atoms with Gasteiger partial charge in [-0.05, 0) is 38.2 Å². The number of aromatic nitrogens is 3. The monoisotopic (exact) mass is 352 g/mol. The van der Waals surface area contributed by atoms with Gasteiger partial charge in [0.25, 0.3) is 0 Å². The number of likely N-dealkylation sites (tertiary alicyclic amines) is 1. The van der Waals surface area contributed by atoms with Gasteiger partial charge in [0.1, 0.15) is 11.6 Å². The van der Waals surface area contributed by atoms with E-state index in [1.807, 2.05) is 42.2 Å². The van der Waals surface area contributed by atoms with Crippen molar-refractivity contribution in [2.75, 3.05) is 13.1 Å². The molecule has 0 bridgehead atoms. The van der Waals surface area contributed by atoms with Crippen molar-refractivity contribution in [3.8, 4) is 0 Å². The number of nitrogens with zero attached hydrogens (tertiary/aromatic N) is 4. The number of carbonyl (C=O) groups is 1. The molecule has 1 saturated heterocycles. The quantitative estimate of drug-likeness (QED) is 0.849. The molecule has 0 saturated carbocycles. The van der Waals surface area contributed by atoms with Crippen LogP contribution < -0.4 is 0 Å². The van der Waals surface area contributed by atoms with Crippen LogP contribution in [0.5, 0.6) is 0 Å². The van der Waals surface area contributed by atoms with E-state index in [1.165, 1.54) is 19.3 Å². The van der Waals surface area contributed by atoms with Crippen LogP contribution in [0.4, 0.5) is 0 Å². The maximum absolute atomic E-state index is 12.9. The Morgan fingerprint density at radius 1 is 1.04 bits per heavy atom. The molecule has 2 aliphatic rings. The van der Waals surface area contributed by atoms with Gasteiger partial charge >= 0.3 is 0 Å². The Morgan fingerprint density at radius 2 is 1.81 bits per heavy atom. The fourth-order valence-corrected chi connectivity index (χ4v) is 4.33. The predicted molar refractivity (Wildman–Crippen MR) is 101 cm³/mol. The average Bonchev–Trinajstić information content (AvgIpc) is 2.96. The zero-order chi connectivity index (χ0) is 17.9. The summed E-state index contributed by atoms with van der Waals surface area (Å²) in [7, 11) is 0. The highest BCUT2D eigenvalue weighted by Gasteiger charge is 2.30. The molecule has 0 aliphatic carbocycles. The summed E-state index contributed by atoms with van der Waals surface area (Å²) in [6.45, 7) is 4.72. The van der Waals surface area contributed by atoms with Crippen molar-refractivity contribution < 1.29 is 4.79 Å². The van der Waals surface area contributed by atoms with Crippen LogP contribution in [-0.2, 0) is 17.8 Å². The normalized spacial score (nSPS) is 19.7. The van der Waals surface area contributed by atoms with E-state index < -0.39 is 0 Å². The molecule has 1 unspecified atom stereocenters. The van der Waals surface area contributed by atoms with Crippen LogP contribution in [0.15, 0.2) is 30.3 Å². The smallest absolute Gasteiger partial charge is 0.229 e. The van der Waals surface area contributed by atoms with Gasteiger partial charge in [0.05, 0.1) is 5.92 Å². The Labute approximate surface area is 155 Å². The topological polar surface area (TPSA) is 51.0 Å². The van der Waals surface area contributed by atoms with Gasteiger partial charge < -0.3 is 9.47 Å². The summed E-state index contributed by atoms with van der Waals surface area (Å²) in [4.78, 5) is 14.9. The minimum Gasteiger partial charge on any atom is -0.342 e. The first-order valence-electron chi connectivity index (χ1n) is 9.99. The molecule has 2 aromatic rings. The van der Waals surface area contributed by atoms with Gasteiger partial charge in [0.2, 0.25) is 5.91 Å². The van der Waals surface area contributed by atoms with Crippen molar-refractivity contribution >= 4 is 5.91 Å². The Morgan fingerprint density at radius 3 is 2.58 bits per heavy atom. The van der Waals surface area contributed by atoms with Crippen LogP contribution in [0, 0.1) is 0 Å². The van der Waals surface area contributed by atoms with Crippen LogP contribution in [0.2, 0.25) is 0 Å². The second-order valence-corrected chi connectivity index (χ2v) is 7.67. The van der Waals surface area contributed by atoms with E-state index in [1.54, 1.807) is 0 Å². The molecule has 3 heterocycles. The third kappa shape index (κ3) is 3.39. The fraction of sp³-hybridized carbons (Fsp3) is 0.571. The molecule has 5 heteroatoms. The molecule has 1 amide bonds. The molecular formula is C21H28N4O. The van der Waals surface area contributed by atoms with Gasteiger partial charge in [-0.3, -0.25) is 4.79 Å². The summed E-state index contributed by atoms with van der Waals surface area (Å²) in [5.41, 5.74) is 1.10. The largest absolute Gasteiger partial charge is 0.342 e. The minimum absolute atomic E-state index is 0.0721. The van der Waals surface area contributed by atoms with Gasteiger partial charge in [0.15, 0.2) is 0 Å². The van der Waals surface area contributed by atoms with Crippen LogP contribution in [0.25, 0.3) is 0 Å². The number of hydrogen-bond donors (Lipinski definition) is 0. The second kappa shape index (κ2) is 7.60. The highest BCUT2D eigenvalue weighted by atomic mass is 16.2. The molecular weight excluding hydrogens is 324 g/mol. The zero-order valence-electron chi connectivity index (χ0n) is 15.6. The molecule has 0 spiro atoms. The predicted octanol–water partition coefficient (Wildman–Crippen LogP) is 3.51. The fourth-order valence-electron chi connectivity index (χ4n) is 4.33. The lowest BCUT2D eigenvalue weighted by atomic mass is 9.93. The highest BCUT2D eigenvalue weighted by molar-refractivity contribution is 5.83. The number of benzene rings is 1. The first kappa shape index (κ1) is 17.3. The molecule has 0 N–H and O–H groups in total. The van der Waals surface area contributed by atoms with E-state index in [9.17, 15) is 4.79 Å². The molecule has 138 valence electrons. The summed E-state index contributed by atoms with van der Waals surface area (Å²) in [6, 6.07) is 10.1. The van der Waals surface area contributed by atoms with Crippen molar-refractivity contribution in [1.29, 1.82) is 0 Å².